The molecule has 0 aromatic heterocycles. The number of nitrogens with zero attached hydrogens (tertiary/aromatic N) is 1. The summed E-state index contributed by atoms with van der Waals surface area (Å²) in [5, 5.41) is 0. The Bertz CT molecular complexity index is 485. The zero-order valence-corrected chi connectivity index (χ0v) is 20.7. The van der Waals surface area contributed by atoms with Gasteiger partial charge in [0.2, 0.25) is 0 Å². The van der Waals surface area contributed by atoms with Crippen LogP contribution in [0.3, 0.4) is 0 Å². The van der Waals surface area contributed by atoms with Crippen molar-refractivity contribution in [3.8, 4) is 0 Å². The van der Waals surface area contributed by atoms with Gasteiger partial charge in [-0.3, -0.25) is 9.05 Å². The summed E-state index contributed by atoms with van der Waals surface area (Å²) in [6.07, 6.45) is 15.9. The first-order valence-electron chi connectivity index (χ1n) is 12.2. The molecule has 1 fully saturated rings. The number of phosphoric ester groups is 1. The summed E-state index contributed by atoms with van der Waals surface area (Å²) in [6.45, 7) is 8.83. The van der Waals surface area contributed by atoms with Gasteiger partial charge >= 0.3 is 7.82 Å². The highest BCUT2D eigenvalue weighted by Gasteiger charge is 2.27. The number of likely N-dealkylation sites (N-methyl/N-ethyl adjacent to an activating group) is 1. The molecule has 0 aromatic rings. The van der Waals surface area contributed by atoms with Gasteiger partial charge in [-0.2, -0.15) is 0 Å². The van der Waals surface area contributed by atoms with E-state index in [9.17, 15) is 9.46 Å². The van der Waals surface area contributed by atoms with Gasteiger partial charge in [-0.15, -0.1) is 0 Å². The quantitative estimate of drug-likeness (QED) is 0.106. The van der Waals surface area contributed by atoms with Crippen molar-refractivity contribution in [1.29, 1.82) is 0 Å². The summed E-state index contributed by atoms with van der Waals surface area (Å²) in [5.74, 6) is 0. The Hall–Kier alpha value is -0.430. The second-order valence-electron chi connectivity index (χ2n) is 8.82. The van der Waals surface area contributed by atoms with Crippen molar-refractivity contribution in [3.63, 3.8) is 0 Å². The number of rotatable bonds is 21. The van der Waals surface area contributed by atoms with Gasteiger partial charge in [-0.05, 0) is 12.8 Å². The molecule has 8 heteroatoms. The second-order valence-corrected chi connectivity index (χ2v) is 10.3. The monoisotopic (exact) mass is 464 g/mol. The molecule has 1 saturated heterocycles. The molecule has 0 aromatic carbocycles. The number of morpholine rings is 1. The first-order chi connectivity index (χ1) is 15.0. The molecule has 1 atom stereocenters. The molecule has 31 heavy (non-hydrogen) atoms. The topological polar surface area (TPSA) is 74.2 Å². The SMILES string of the molecule is C=COCCCCCCCCCCCCCCOP(=O)(O)OCC[N+]1(C)CCOCC1. The van der Waals surface area contributed by atoms with Gasteiger partial charge in [0.05, 0.1) is 39.7 Å². The van der Waals surface area contributed by atoms with Crippen molar-refractivity contribution >= 4 is 7.82 Å². The van der Waals surface area contributed by atoms with Crippen molar-refractivity contribution in [1.82, 2.24) is 0 Å². The molecule has 1 heterocycles. The van der Waals surface area contributed by atoms with Gasteiger partial charge in [0, 0.05) is 0 Å². The summed E-state index contributed by atoms with van der Waals surface area (Å²) in [5.41, 5.74) is 0. The second kappa shape index (κ2) is 18.0. The van der Waals surface area contributed by atoms with E-state index in [2.05, 4.69) is 13.6 Å². The van der Waals surface area contributed by atoms with Gasteiger partial charge < -0.3 is 18.9 Å². The Labute approximate surface area is 190 Å². The maximum atomic E-state index is 12.0. The van der Waals surface area contributed by atoms with Gasteiger partial charge in [0.1, 0.15) is 26.2 Å². The molecule has 1 rings (SSSR count). The van der Waals surface area contributed by atoms with Gasteiger partial charge in [0.25, 0.3) is 0 Å². The van der Waals surface area contributed by atoms with Crippen molar-refractivity contribution < 1.29 is 32.5 Å². The van der Waals surface area contributed by atoms with Crippen molar-refractivity contribution in [2.24, 2.45) is 0 Å². The summed E-state index contributed by atoms with van der Waals surface area (Å²) in [7, 11) is -1.81. The van der Waals surface area contributed by atoms with Crippen LogP contribution < -0.4 is 0 Å². The molecule has 1 unspecified atom stereocenters. The van der Waals surface area contributed by atoms with E-state index < -0.39 is 7.82 Å². The molecule has 184 valence electrons. The van der Waals surface area contributed by atoms with Crippen LogP contribution in [0, 0.1) is 0 Å². The fraction of sp³-hybridized carbons (Fsp3) is 0.913. The van der Waals surface area contributed by atoms with Crippen LogP contribution in [0.5, 0.6) is 0 Å². The first kappa shape index (κ1) is 28.6. The smallest absolute Gasteiger partial charge is 0.472 e. The molecule has 7 nitrogen and oxygen atoms in total. The average molecular weight is 465 g/mol. The van der Waals surface area contributed by atoms with E-state index in [0.717, 1.165) is 63.1 Å². The zero-order chi connectivity index (χ0) is 22.7. The molecule has 0 bridgehead atoms. The van der Waals surface area contributed by atoms with Crippen LogP contribution in [0.2, 0.25) is 0 Å². The van der Waals surface area contributed by atoms with E-state index in [4.69, 9.17) is 18.5 Å². The number of hydrogen-bond acceptors (Lipinski definition) is 5. The zero-order valence-electron chi connectivity index (χ0n) is 19.8. The largest absolute Gasteiger partial charge is 0.502 e. The average Bonchev–Trinajstić information content (AvgIpc) is 2.73. The third-order valence-corrected chi connectivity index (χ3v) is 6.98. The summed E-state index contributed by atoms with van der Waals surface area (Å²) in [4.78, 5) is 9.81. The van der Waals surface area contributed by atoms with Crippen LogP contribution in [-0.2, 0) is 23.1 Å². The van der Waals surface area contributed by atoms with E-state index in [0.29, 0.717) is 6.54 Å². The Morgan fingerprint density at radius 1 is 0.839 bits per heavy atom. The molecule has 0 amide bonds. The summed E-state index contributed by atoms with van der Waals surface area (Å²) < 4.78 is 33.5. The fourth-order valence-corrected chi connectivity index (χ4v) is 4.49. The van der Waals surface area contributed by atoms with Crippen molar-refractivity contribution in [3.05, 3.63) is 12.8 Å². The minimum atomic E-state index is -3.93. The first-order valence-corrected chi connectivity index (χ1v) is 13.7. The Balaban J connectivity index is 1.84. The standard InChI is InChI=1S/C23H46NO6P/c1-3-27-19-14-12-10-8-6-4-5-7-9-11-13-15-20-29-31(25,26)30-23-18-24(2)16-21-28-22-17-24/h3H,1,4-23H2,2H3/p+1. The van der Waals surface area contributed by atoms with Crippen LogP contribution in [0.25, 0.3) is 0 Å². The number of quaternary nitrogens is 1. The molecule has 0 spiro atoms. The van der Waals surface area contributed by atoms with E-state index >= 15 is 0 Å². The Morgan fingerprint density at radius 3 is 1.81 bits per heavy atom. The van der Waals surface area contributed by atoms with E-state index in [1.165, 1.54) is 57.6 Å². The summed E-state index contributed by atoms with van der Waals surface area (Å²) >= 11 is 0. The van der Waals surface area contributed by atoms with Gasteiger partial charge in [-0.25, -0.2) is 4.57 Å². The third-order valence-electron chi connectivity index (χ3n) is 5.97. The molecule has 0 radical (unpaired) electrons. The molecule has 0 saturated carbocycles. The number of hydrogen-bond donors (Lipinski definition) is 1. The van der Waals surface area contributed by atoms with E-state index in [1.807, 2.05) is 0 Å². The van der Waals surface area contributed by atoms with E-state index in [1.54, 1.807) is 0 Å². The Kier molecular flexibility index (Phi) is 16.7. The highest BCUT2D eigenvalue weighted by Crippen LogP contribution is 2.43. The lowest BCUT2D eigenvalue weighted by molar-refractivity contribution is -0.916. The minimum Gasteiger partial charge on any atom is -0.502 e. The number of unbranched alkanes of at least 4 members (excludes halogenated alkanes) is 11. The van der Waals surface area contributed by atoms with Gasteiger partial charge in [0.15, 0.2) is 0 Å². The molecular weight excluding hydrogens is 417 g/mol. The molecule has 1 aliphatic rings. The van der Waals surface area contributed by atoms with Gasteiger partial charge in [-0.1, -0.05) is 70.8 Å². The van der Waals surface area contributed by atoms with Crippen molar-refractivity contribution in [2.45, 2.75) is 77.0 Å². The minimum absolute atomic E-state index is 0.230. The number of phosphoric acid groups is 1. The highest BCUT2D eigenvalue weighted by molar-refractivity contribution is 7.47. The van der Waals surface area contributed by atoms with Crippen LogP contribution >= 0.6 is 7.82 Å². The normalized spacial score (nSPS) is 17.9. The summed E-state index contributed by atoms with van der Waals surface area (Å²) in [6, 6.07) is 0. The molecular formula is C23H47NO6P+. The molecule has 1 aliphatic heterocycles. The maximum Gasteiger partial charge on any atom is 0.472 e. The fourth-order valence-electron chi connectivity index (χ4n) is 3.74. The highest BCUT2D eigenvalue weighted by atomic mass is 31.2. The number of ether oxygens (including phenoxy) is 2. The maximum absolute atomic E-state index is 12.0. The predicted octanol–water partition coefficient (Wildman–Crippen LogP) is 5.44. The van der Waals surface area contributed by atoms with Crippen LogP contribution in [-0.4, -0.2) is 69.1 Å². The lowest BCUT2D eigenvalue weighted by Gasteiger charge is -2.37. The van der Waals surface area contributed by atoms with E-state index in [-0.39, 0.29) is 13.2 Å². The third kappa shape index (κ3) is 16.8. The van der Waals surface area contributed by atoms with Crippen LogP contribution in [0.1, 0.15) is 77.0 Å². The lowest BCUT2D eigenvalue weighted by Crippen LogP contribution is -2.53. The lowest BCUT2D eigenvalue weighted by atomic mass is 10.1. The van der Waals surface area contributed by atoms with Crippen molar-refractivity contribution in [2.75, 3.05) is 59.7 Å². The predicted molar refractivity (Wildman–Crippen MR) is 125 cm³/mol. The molecule has 1 N–H and O–H groups in total. The Morgan fingerprint density at radius 2 is 1.29 bits per heavy atom. The van der Waals surface area contributed by atoms with Crippen LogP contribution in [0.15, 0.2) is 12.8 Å². The van der Waals surface area contributed by atoms with Crippen LogP contribution in [0.4, 0.5) is 0 Å². The molecule has 0 aliphatic carbocycles.